The summed E-state index contributed by atoms with van der Waals surface area (Å²) >= 11 is 0. The predicted octanol–water partition coefficient (Wildman–Crippen LogP) is 19.0. The van der Waals surface area contributed by atoms with E-state index >= 15 is 0 Å². The first kappa shape index (κ1) is 66.0. The van der Waals surface area contributed by atoms with Gasteiger partial charge < -0.3 is 14.2 Å². The van der Waals surface area contributed by atoms with Gasteiger partial charge in [-0.25, -0.2) is 0 Å². The summed E-state index contributed by atoms with van der Waals surface area (Å²) in [5.41, 5.74) is 0. The molecule has 0 spiro atoms. The highest BCUT2D eigenvalue weighted by Gasteiger charge is 2.19. The van der Waals surface area contributed by atoms with E-state index in [2.05, 4.69) is 179 Å². The van der Waals surface area contributed by atoms with Crippen LogP contribution in [-0.4, -0.2) is 37.2 Å². The van der Waals surface area contributed by atoms with Crippen LogP contribution in [0, 0.1) is 0 Å². The molecule has 6 heteroatoms. The molecule has 0 radical (unpaired) electrons. The number of ether oxygens (including phenoxy) is 3. The van der Waals surface area contributed by atoms with Gasteiger partial charge in [-0.2, -0.15) is 0 Å². The van der Waals surface area contributed by atoms with Gasteiger partial charge in [0.25, 0.3) is 0 Å². The van der Waals surface area contributed by atoms with Crippen LogP contribution in [0.4, 0.5) is 0 Å². The number of unbranched alkanes of at least 4 members (excludes halogenated alkanes) is 11. The summed E-state index contributed by atoms with van der Waals surface area (Å²) in [5, 5.41) is 0. The lowest BCUT2D eigenvalue weighted by Gasteiger charge is -2.18. The standard InChI is InChI=1S/C65H100O6/c1-4-7-10-13-16-19-22-25-28-30-32-34-37-40-43-46-49-52-55-58-64(67)70-61-62(60-69-63(66)57-54-51-48-45-42-39-36-27-24-21-18-15-12-9-6-3)71-65(68)59-56-53-50-47-44-41-38-35-33-31-29-26-23-20-17-14-11-8-5-2/h7-12,16-21,25-29,32-36,40-41,43-44,62H,4-6,13-15,22-24,30-31,37-39,42,45-61H2,1-3H3/b10-7-,11-8-,12-9-,19-16-,20-17-,21-18-,28-25-,29-26-,34-32-,35-33-,36-27-,43-40-,44-41-/t62-/m1/s1. The van der Waals surface area contributed by atoms with E-state index in [4.69, 9.17) is 14.2 Å². The third-order valence-electron chi connectivity index (χ3n) is 11.0. The summed E-state index contributed by atoms with van der Waals surface area (Å²) in [4.78, 5) is 38.2. The van der Waals surface area contributed by atoms with Crippen molar-refractivity contribution >= 4 is 17.9 Å². The van der Waals surface area contributed by atoms with Crippen LogP contribution in [0.5, 0.6) is 0 Å². The molecule has 0 aromatic rings. The molecule has 396 valence electrons. The monoisotopic (exact) mass is 977 g/mol. The molecule has 0 N–H and O–H groups in total. The average molecular weight is 978 g/mol. The molecule has 0 unspecified atom stereocenters. The molecule has 0 aliphatic rings. The van der Waals surface area contributed by atoms with E-state index in [9.17, 15) is 14.4 Å². The van der Waals surface area contributed by atoms with Crippen molar-refractivity contribution in [3.63, 3.8) is 0 Å². The molecule has 0 aromatic heterocycles. The van der Waals surface area contributed by atoms with Gasteiger partial charge in [-0.05, 0) is 141 Å². The molecule has 6 nitrogen and oxygen atoms in total. The number of esters is 3. The third kappa shape index (κ3) is 55.8. The van der Waals surface area contributed by atoms with Gasteiger partial charge in [-0.3, -0.25) is 14.4 Å². The minimum absolute atomic E-state index is 0.119. The smallest absolute Gasteiger partial charge is 0.306 e. The van der Waals surface area contributed by atoms with E-state index in [1.54, 1.807) is 0 Å². The van der Waals surface area contributed by atoms with Crippen LogP contribution in [0.15, 0.2) is 158 Å². The summed E-state index contributed by atoms with van der Waals surface area (Å²) < 4.78 is 16.8. The summed E-state index contributed by atoms with van der Waals surface area (Å²) in [6.07, 6.45) is 83.7. The van der Waals surface area contributed by atoms with Crippen molar-refractivity contribution < 1.29 is 28.6 Å². The molecule has 0 rings (SSSR count). The highest BCUT2D eigenvalue weighted by atomic mass is 16.6. The topological polar surface area (TPSA) is 78.9 Å². The molecular weight excluding hydrogens is 877 g/mol. The Hall–Kier alpha value is -4.97. The molecule has 0 aliphatic heterocycles. The Morgan fingerprint density at radius 3 is 0.803 bits per heavy atom. The Morgan fingerprint density at radius 1 is 0.282 bits per heavy atom. The first-order chi connectivity index (χ1) is 35.0. The van der Waals surface area contributed by atoms with Crippen molar-refractivity contribution in [2.45, 2.75) is 219 Å². The van der Waals surface area contributed by atoms with Gasteiger partial charge in [-0.1, -0.05) is 211 Å². The Bertz CT molecular complexity index is 1640. The van der Waals surface area contributed by atoms with Crippen LogP contribution in [0.3, 0.4) is 0 Å². The van der Waals surface area contributed by atoms with Crippen molar-refractivity contribution in [3.05, 3.63) is 158 Å². The van der Waals surface area contributed by atoms with Crippen molar-refractivity contribution in [2.24, 2.45) is 0 Å². The quantitative estimate of drug-likeness (QED) is 0.0262. The second-order valence-corrected chi connectivity index (χ2v) is 17.7. The van der Waals surface area contributed by atoms with Crippen LogP contribution < -0.4 is 0 Å². The molecule has 1 atom stereocenters. The van der Waals surface area contributed by atoms with Crippen molar-refractivity contribution in [1.29, 1.82) is 0 Å². The Morgan fingerprint density at radius 2 is 0.507 bits per heavy atom. The molecule has 0 bridgehead atoms. The molecule has 0 aliphatic carbocycles. The number of allylic oxidation sites excluding steroid dienone is 26. The number of hydrogen-bond acceptors (Lipinski definition) is 6. The maximum Gasteiger partial charge on any atom is 0.306 e. The van der Waals surface area contributed by atoms with Gasteiger partial charge in [0.05, 0.1) is 0 Å². The summed E-state index contributed by atoms with van der Waals surface area (Å²) in [6, 6.07) is 0. The minimum Gasteiger partial charge on any atom is -0.462 e. The van der Waals surface area contributed by atoms with Crippen LogP contribution in [0.1, 0.15) is 213 Å². The van der Waals surface area contributed by atoms with E-state index < -0.39 is 6.10 Å². The number of hydrogen-bond donors (Lipinski definition) is 0. The van der Waals surface area contributed by atoms with E-state index in [1.165, 1.54) is 0 Å². The Labute approximate surface area is 435 Å². The molecule has 0 amide bonds. The minimum atomic E-state index is -0.825. The lowest BCUT2D eigenvalue weighted by molar-refractivity contribution is -0.167. The molecule has 0 fully saturated rings. The van der Waals surface area contributed by atoms with E-state index in [1.807, 2.05) is 0 Å². The van der Waals surface area contributed by atoms with Crippen LogP contribution in [0.2, 0.25) is 0 Å². The highest BCUT2D eigenvalue weighted by Crippen LogP contribution is 2.12. The van der Waals surface area contributed by atoms with Crippen molar-refractivity contribution in [1.82, 2.24) is 0 Å². The Balaban J connectivity index is 4.58. The molecule has 0 heterocycles. The first-order valence-corrected chi connectivity index (χ1v) is 28.0. The molecule has 0 saturated heterocycles. The molecule has 0 aromatic carbocycles. The van der Waals surface area contributed by atoms with Gasteiger partial charge >= 0.3 is 17.9 Å². The predicted molar refractivity (Wildman–Crippen MR) is 306 cm³/mol. The van der Waals surface area contributed by atoms with Crippen molar-refractivity contribution in [2.75, 3.05) is 13.2 Å². The maximum absolute atomic E-state index is 12.9. The summed E-state index contributed by atoms with van der Waals surface area (Å²) in [7, 11) is 0. The zero-order valence-electron chi connectivity index (χ0n) is 45.2. The van der Waals surface area contributed by atoms with E-state index in [0.29, 0.717) is 19.3 Å². The van der Waals surface area contributed by atoms with Gasteiger partial charge in [0.2, 0.25) is 0 Å². The van der Waals surface area contributed by atoms with Gasteiger partial charge in [0, 0.05) is 19.3 Å². The summed E-state index contributed by atoms with van der Waals surface area (Å²) in [6.45, 7) is 6.21. The zero-order valence-corrected chi connectivity index (χ0v) is 45.2. The van der Waals surface area contributed by atoms with Crippen LogP contribution in [0.25, 0.3) is 0 Å². The Kier molecular flexibility index (Phi) is 53.6. The number of carbonyl (C=O) groups is 3. The van der Waals surface area contributed by atoms with Crippen molar-refractivity contribution in [3.8, 4) is 0 Å². The normalized spacial score (nSPS) is 13.3. The second-order valence-electron chi connectivity index (χ2n) is 17.7. The number of carbonyl (C=O) groups excluding carboxylic acids is 3. The molecule has 71 heavy (non-hydrogen) atoms. The fourth-order valence-corrected chi connectivity index (χ4v) is 6.92. The van der Waals surface area contributed by atoms with Crippen LogP contribution >= 0.6 is 0 Å². The third-order valence-corrected chi connectivity index (χ3v) is 11.0. The highest BCUT2D eigenvalue weighted by molar-refractivity contribution is 5.71. The van der Waals surface area contributed by atoms with Gasteiger partial charge in [-0.15, -0.1) is 0 Å². The second kappa shape index (κ2) is 57.6. The molecular formula is C65H100O6. The largest absolute Gasteiger partial charge is 0.462 e. The maximum atomic E-state index is 12.9. The fourth-order valence-electron chi connectivity index (χ4n) is 6.92. The fraction of sp³-hybridized carbons (Fsp3) is 0.554. The molecule has 0 saturated carbocycles. The lowest BCUT2D eigenvalue weighted by Crippen LogP contribution is -2.30. The SMILES string of the molecule is CC/C=C\C/C=C\C/C=C\C/C=C\C/C=C\CCCCCC(=O)OC[C@@H](COC(=O)CCCCCCC/C=C\C/C=C\C/C=C\CC)OC(=O)CCCCC/C=C\C/C=C\C/C=C\C/C=C\C/C=C\CC. The lowest BCUT2D eigenvalue weighted by atomic mass is 10.1. The van der Waals surface area contributed by atoms with Gasteiger partial charge in [0.1, 0.15) is 13.2 Å². The van der Waals surface area contributed by atoms with E-state index in [-0.39, 0.29) is 37.5 Å². The van der Waals surface area contributed by atoms with Gasteiger partial charge in [0.15, 0.2) is 6.10 Å². The first-order valence-electron chi connectivity index (χ1n) is 28.0. The number of rotatable bonds is 48. The van der Waals surface area contributed by atoms with Crippen LogP contribution in [-0.2, 0) is 28.6 Å². The average Bonchev–Trinajstić information content (AvgIpc) is 3.37. The zero-order chi connectivity index (χ0) is 51.4. The summed E-state index contributed by atoms with van der Waals surface area (Å²) in [5.74, 6) is -1.01. The van der Waals surface area contributed by atoms with E-state index in [0.717, 1.165) is 167 Å².